The van der Waals surface area contributed by atoms with Crippen LogP contribution in [-0.2, 0) is 4.79 Å². The molecule has 0 radical (unpaired) electrons. The average molecular weight is 295 g/mol. The summed E-state index contributed by atoms with van der Waals surface area (Å²) in [4.78, 5) is 11.4. The molecule has 0 aliphatic heterocycles. The molecule has 3 N–H and O–H groups in total. The normalized spacial score (nSPS) is 11.6. The van der Waals surface area contributed by atoms with Crippen LogP contribution in [0, 0.1) is 0 Å². The third-order valence-corrected chi connectivity index (χ3v) is 2.35. The molecule has 1 rings (SSSR count). The number of rotatable bonds is 6. The molecule has 0 aliphatic rings. The van der Waals surface area contributed by atoms with Crippen LogP contribution in [0.5, 0.6) is 5.75 Å². The number of carbonyl (C=O) groups is 1. The minimum Gasteiger partial charge on any atom is -0.434 e. The van der Waals surface area contributed by atoms with Gasteiger partial charge in [-0.2, -0.15) is 8.78 Å². The van der Waals surface area contributed by atoms with E-state index < -0.39 is 12.7 Å². The number of para-hydroxylation sites is 1. The van der Waals surface area contributed by atoms with E-state index >= 15 is 0 Å². The standard InChI is InChI=1S/C12H16F2N2O2.ClH/c1-8(16-11(17)6-7-15)9-4-2-3-5-10(9)18-12(13)14;/h2-5,8,12H,6-7,15H2,1H3,(H,16,17);1H. The number of nitrogens with one attached hydrogen (secondary N) is 1. The summed E-state index contributed by atoms with van der Waals surface area (Å²) in [5.41, 5.74) is 5.76. The summed E-state index contributed by atoms with van der Waals surface area (Å²) < 4.78 is 28.8. The predicted molar refractivity (Wildman–Crippen MR) is 70.6 cm³/mol. The fourth-order valence-corrected chi connectivity index (χ4v) is 1.56. The largest absolute Gasteiger partial charge is 0.434 e. The molecule has 0 saturated carbocycles. The first-order chi connectivity index (χ1) is 8.54. The van der Waals surface area contributed by atoms with Crippen LogP contribution < -0.4 is 15.8 Å². The maximum absolute atomic E-state index is 12.2. The Morgan fingerprint density at radius 3 is 2.63 bits per heavy atom. The van der Waals surface area contributed by atoms with E-state index in [2.05, 4.69) is 10.1 Å². The summed E-state index contributed by atoms with van der Waals surface area (Å²) in [5, 5.41) is 2.67. The van der Waals surface area contributed by atoms with Crippen molar-refractivity contribution in [1.82, 2.24) is 5.32 Å². The third-order valence-electron chi connectivity index (χ3n) is 2.35. The number of hydrogen-bond acceptors (Lipinski definition) is 3. The molecule has 1 atom stereocenters. The summed E-state index contributed by atoms with van der Waals surface area (Å²) in [6.45, 7) is -0.950. The van der Waals surface area contributed by atoms with Gasteiger partial charge in [-0.15, -0.1) is 12.4 Å². The Kier molecular flexibility index (Phi) is 8.02. The van der Waals surface area contributed by atoms with E-state index in [0.29, 0.717) is 5.56 Å². The molecule has 1 aromatic rings. The smallest absolute Gasteiger partial charge is 0.387 e. The fourth-order valence-electron chi connectivity index (χ4n) is 1.56. The van der Waals surface area contributed by atoms with E-state index in [1.807, 2.05) is 0 Å². The number of nitrogens with two attached hydrogens (primary N) is 1. The maximum Gasteiger partial charge on any atom is 0.387 e. The molecule has 0 saturated heterocycles. The number of ether oxygens (including phenoxy) is 1. The third kappa shape index (κ3) is 5.85. The first-order valence-electron chi connectivity index (χ1n) is 5.57. The van der Waals surface area contributed by atoms with Crippen molar-refractivity contribution in [2.45, 2.75) is 26.0 Å². The molecule has 1 unspecified atom stereocenters. The van der Waals surface area contributed by atoms with Crippen molar-refractivity contribution in [2.24, 2.45) is 5.73 Å². The summed E-state index contributed by atoms with van der Waals surface area (Å²) in [6.07, 6.45) is 0.197. The van der Waals surface area contributed by atoms with Crippen LogP contribution in [0.1, 0.15) is 24.9 Å². The van der Waals surface area contributed by atoms with Crippen molar-refractivity contribution in [3.05, 3.63) is 29.8 Å². The first kappa shape index (κ1) is 17.6. The van der Waals surface area contributed by atoms with Crippen LogP contribution in [0.25, 0.3) is 0 Å². The highest BCUT2D eigenvalue weighted by atomic mass is 35.5. The van der Waals surface area contributed by atoms with Gasteiger partial charge >= 0.3 is 6.61 Å². The van der Waals surface area contributed by atoms with E-state index in [1.54, 1.807) is 25.1 Å². The SMILES string of the molecule is CC(NC(=O)CCN)c1ccccc1OC(F)F.Cl. The van der Waals surface area contributed by atoms with Crippen molar-refractivity contribution in [1.29, 1.82) is 0 Å². The lowest BCUT2D eigenvalue weighted by molar-refractivity contribution is -0.121. The van der Waals surface area contributed by atoms with E-state index in [4.69, 9.17) is 5.73 Å². The molecular formula is C12H17ClF2N2O2. The summed E-state index contributed by atoms with van der Waals surface area (Å²) in [7, 11) is 0. The highest BCUT2D eigenvalue weighted by molar-refractivity contribution is 5.85. The second-order valence-electron chi connectivity index (χ2n) is 3.74. The number of halogens is 3. The van der Waals surface area contributed by atoms with Crippen LogP contribution in [0.4, 0.5) is 8.78 Å². The molecule has 0 spiro atoms. The fraction of sp³-hybridized carbons (Fsp3) is 0.417. The van der Waals surface area contributed by atoms with Gasteiger partial charge in [-0.1, -0.05) is 18.2 Å². The van der Waals surface area contributed by atoms with Crippen LogP contribution in [-0.4, -0.2) is 19.1 Å². The number of amides is 1. The number of alkyl halides is 2. The number of carbonyl (C=O) groups excluding carboxylic acids is 1. The number of benzene rings is 1. The van der Waals surface area contributed by atoms with E-state index in [1.165, 1.54) is 6.07 Å². The van der Waals surface area contributed by atoms with Crippen molar-refractivity contribution in [3.8, 4) is 5.75 Å². The van der Waals surface area contributed by atoms with Crippen molar-refractivity contribution in [2.75, 3.05) is 6.54 Å². The van der Waals surface area contributed by atoms with Crippen LogP contribution in [0.3, 0.4) is 0 Å². The molecule has 0 heterocycles. The Hall–Kier alpha value is -1.40. The predicted octanol–water partition coefficient (Wildman–Crippen LogP) is 2.24. The zero-order valence-corrected chi connectivity index (χ0v) is 11.3. The Morgan fingerprint density at radius 2 is 2.05 bits per heavy atom. The van der Waals surface area contributed by atoms with Gasteiger partial charge in [0.25, 0.3) is 0 Å². The highest BCUT2D eigenvalue weighted by Crippen LogP contribution is 2.26. The average Bonchev–Trinajstić information content (AvgIpc) is 2.28. The summed E-state index contributed by atoms with van der Waals surface area (Å²) >= 11 is 0. The zero-order valence-electron chi connectivity index (χ0n) is 10.4. The lowest BCUT2D eigenvalue weighted by atomic mass is 10.1. The Bertz CT molecular complexity index is 405. The van der Waals surface area contributed by atoms with Gasteiger partial charge in [0.1, 0.15) is 5.75 Å². The molecule has 4 nitrogen and oxygen atoms in total. The lowest BCUT2D eigenvalue weighted by Gasteiger charge is -2.17. The summed E-state index contributed by atoms with van der Waals surface area (Å²) in [6, 6.07) is 5.94. The summed E-state index contributed by atoms with van der Waals surface area (Å²) in [5.74, 6) is -0.162. The second kappa shape index (κ2) is 8.66. The Balaban J connectivity index is 0.00000324. The molecule has 0 bridgehead atoms. The molecule has 7 heteroatoms. The quantitative estimate of drug-likeness (QED) is 0.846. The lowest BCUT2D eigenvalue weighted by Crippen LogP contribution is -2.28. The molecule has 0 aliphatic carbocycles. The van der Waals surface area contributed by atoms with Crippen LogP contribution in [0.15, 0.2) is 24.3 Å². The second-order valence-corrected chi connectivity index (χ2v) is 3.74. The van der Waals surface area contributed by atoms with Gasteiger partial charge in [0.2, 0.25) is 5.91 Å². The first-order valence-corrected chi connectivity index (χ1v) is 5.57. The molecule has 108 valence electrons. The zero-order chi connectivity index (χ0) is 13.5. The molecular weight excluding hydrogens is 278 g/mol. The van der Waals surface area contributed by atoms with E-state index in [0.717, 1.165) is 0 Å². The van der Waals surface area contributed by atoms with Crippen molar-refractivity contribution < 1.29 is 18.3 Å². The van der Waals surface area contributed by atoms with Gasteiger partial charge in [-0.3, -0.25) is 4.79 Å². The van der Waals surface area contributed by atoms with Gasteiger partial charge in [-0.25, -0.2) is 0 Å². The molecule has 1 amide bonds. The molecule has 0 aromatic heterocycles. The van der Waals surface area contributed by atoms with Gasteiger partial charge < -0.3 is 15.8 Å². The van der Waals surface area contributed by atoms with Crippen molar-refractivity contribution in [3.63, 3.8) is 0 Å². The Labute approximate surface area is 116 Å². The molecule has 0 fully saturated rings. The van der Waals surface area contributed by atoms with Gasteiger partial charge in [-0.05, 0) is 13.0 Å². The van der Waals surface area contributed by atoms with E-state index in [9.17, 15) is 13.6 Å². The highest BCUT2D eigenvalue weighted by Gasteiger charge is 2.15. The topological polar surface area (TPSA) is 64.4 Å². The van der Waals surface area contributed by atoms with Gasteiger partial charge in [0.15, 0.2) is 0 Å². The van der Waals surface area contributed by atoms with E-state index in [-0.39, 0.29) is 37.0 Å². The van der Waals surface area contributed by atoms with Crippen LogP contribution in [0.2, 0.25) is 0 Å². The minimum absolute atomic E-state index is 0. The van der Waals surface area contributed by atoms with Gasteiger partial charge in [0, 0.05) is 18.5 Å². The monoisotopic (exact) mass is 294 g/mol. The minimum atomic E-state index is -2.89. The maximum atomic E-state index is 12.2. The van der Waals surface area contributed by atoms with Gasteiger partial charge in [0.05, 0.1) is 6.04 Å². The van der Waals surface area contributed by atoms with Crippen LogP contribution >= 0.6 is 12.4 Å². The Morgan fingerprint density at radius 1 is 1.42 bits per heavy atom. The van der Waals surface area contributed by atoms with Crippen molar-refractivity contribution >= 4 is 18.3 Å². The number of hydrogen-bond donors (Lipinski definition) is 2. The molecule has 19 heavy (non-hydrogen) atoms. The molecule has 1 aromatic carbocycles.